The second kappa shape index (κ2) is 7.45. The van der Waals surface area contributed by atoms with Crippen LogP contribution < -0.4 is 5.32 Å². The lowest BCUT2D eigenvalue weighted by Gasteiger charge is -2.37. The Bertz CT molecular complexity index is 327. The molecule has 0 radical (unpaired) electrons. The van der Waals surface area contributed by atoms with Crippen molar-refractivity contribution in [3.8, 4) is 0 Å². The first-order valence-electron chi connectivity index (χ1n) is 7.53. The Kier molecular flexibility index (Phi) is 7.16. The Morgan fingerprint density at radius 1 is 1.05 bits per heavy atom. The minimum atomic E-state index is -0.483. The van der Waals surface area contributed by atoms with Crippen LogP contribution in [-0.2, 0) is 9.47 Å². The molecule has 126 valence electrons. The van der Waals surface area contributed by atoms with Crippen LogP contribution in [0.2, 0.25) is 0 Å². The van der Waals surface area contributed by atoms with Crippen LogP contribution in [0, 0.1) is 0 Å². The van der Waals surface area contributed by atoms with E-state index in [0.29, 0.717) is 19.7 Å². The molecule has 0 atom stereocenters. The zero-order valence-corrected chi connectivity index (χ0v) is 15.3. The first-order valence-corrected chi connectivity index (χ1v) is 7.53. The van der Waals surface area contributed by atoms with Crippen molar-refractivity contribution in [2.45, 2.75) is 72.1 Å². The Labute approximate surface area is 130 Å². The number of carbonyl (C=O) groups is 1. The zero-order chi connectivity index (χ0) is 16.9. The van der Waals surface area contributed by atoms with Crippen molar-refractivity contribution < 1.29 is 14.3 Å². The van der Waals surface area contributed by atoms with Crippen molar-refractivity contribution in [3.05, 3.63) is 0 Å². The maximum Gasteiger partial charge on any atom is 0.410 e. The minimum Gasteiger partial charge on any atom is -0.444 e. The number of amides is 1. The van der Waals surface area contributed by atoms with Gasteiger partial charge in [-0.1, -0.05) is 0 Å². The van der Waals surface area contributed by atoms with Gasteiger partial charge in [-0.15, -0.1) is 0 Å². The molecule has 5 nitrogen and oxygen atoms in total. The number of carbonyl (C=O) groups excluding carboxylic acids is 1. The van der Waals surface area contributed by atoms with E-state index in [2.05, 4.69) is 19.2 Å². The summed E-state index contributed by atoms with van der Waals surface area (Å²) in [6.07, 6.45) is -0.277. The highest BCUT2D eigenvalue weighted by molar-refractivity contribution is 5.69. The fraction of sp³-hybridized carbons (Fsp3) is 0.938. The van der Waals surface area contributed by atoms with Gasteiger partial charge in [-0.25, -0.2) is 4.79 Å². The largest absolute Gasteiger partial charge is 0.444 e. The lowest BCUT2D eigenvalue weighted by Crippen LogP contribution is -2.53. The summed E-state index contributed by atoms with van der Waals surface area (Å²) in [4.78, 5) is 14.1. The third-order valence-corrected chi connectivity index (χ3v) is 2.87. The van der Waals surface area contributed by atoms with E-state index in [-0.39, 0.29) is 17.2 Å². The Morgan fingerprint density at radius 3 is 1.95 bits per heavy atom. The lowest BCUT2D eigenvalue weighted by atomic mass is 10.1. The molecular weight excluding hydrogens is 268 g/mol. The van der Waals surface area contributed by atoms with Crippen molar-refractivity contribution >= 4 is 6.09 Å². The van der Waals surface area contributed by atoms with Gasteiger partial charge < -0.3 is 19.7 Å². The van der Waals surface area contributed by atoms with Gasteiger partial charge in [0, 0.05) is 31.3 Å². The van der Waals surface area contributed by atoms with Crippen LogP contribution in [-0.4, -0.2) is 54.5 Å². The first-order chi connectivity index (χ1) is 9.28. The Balaban J connectivity index is 4.64. The minimum absolute atomic E-state index is 0.119. The van der Waals surface area contributed by atoms with Crippen LogP contribution >= 0.6 is 0 Å². The summed E-state index contributed by atoms with van der Waals surface area (Å²) in [5.41, 5.74) is -0.884. The van der Waals surface area contributed by atoms with E-state index in [1.807, 2.05) is 41.5 Å². The van der Waals surface area contributed by atoms with Gasteiger partial charge in [0.05, 0.1) is 6.61 Å². The van der Waals surface area contributed by atoms with E-state index in [9.17, 15) is 4.79 Å². The number of ether oxygens (including phenoxy) is 2. The highest BCUT2D eigenvalue weighted by Gasteiger charge is 2.30. The van der Waals surface area contributed by atoms with Crippen molar-refractivity contribution in [1.82, 2.24) is 10.2 Å². The summed E-state index contributed by atoms with van der Waals surface area (Å²) in [7, 11) is 1.69. The molecule has 21 heavy (non-hydrogen) atoms. The molecule has 0 spiro atoms. The van der Waals surface area contributed by atoms with Crippen LogP contribution in [0.5, 0.6) is 0 Å². The average molecular weight is 302 g/mol. The molecule has 0 aliphatic carbocycles. The number of methoxy groups -OCH3 is 1. The maximum absolute atomic E-state index is 12.3. The van der Waals surface area contributed by atoms with E-state index in [0.717, 1.165) is 0 Å². The standard InChI is InChI=1S/C16H34N2O3/c1-14(2,3)18(13(19)21-15(4,5)6)11-10-17-16(7,8)12-20-9/h17H,10-12H2,1-9H3. The van der Waals surface area contributed by atoms with E-state index in [1.54, 1.807) is 12.0 Å². The van der Waals surface area contributed by atoms with E-state index in [1.165, 1.54) is 0 Å². The second-order valence-corrected chi connectivity index (χ2v) is 8.05. The van der Waals surface area contributed by atoms with Gasteiger partial charge >= 0.3 is 6.09 Å². The van der Waals surface area contributed by atoms with Crippen molar-refractivity contribution in [2.75, 3.05) is 26.8 Å². The van der Waals surface area contributed by atoms with Crippen LogP contribution in [0.25, 0.3) is 0 Å². The molecule has 0 aromatic heterocycles. The van der Waals surface area contributed by atoms with Gasteiger partial charge in [0.1, 0.15) is 5.60 Å². The normalized spacial score (nSPS) is 13.2. The Morgan fingerprint density at radius 2 is 1.57 bits per heavy atom. The van der Waals surface area contributed by atoms with Crippen LogP contribution in [0.1, 0.15) is 55.4 Å². The highest BCUT2D eigenvalue weighted by atomic mass is 16.6. The zero-order valence-electron chi connectivity index (χ0n) is 15.3. The molecule has 0 saturated carbocycles. The molecule has 1 amide bonds. The van der Waals surface area contributed by atoms with E-state index < -0.39 is 5.60 Å². The van der Waals surface area contributed by atoms with Crippen molar-refractivity contribution in [1.29, 1.82) is 0 Å². The molecule has 0 aromatic carbocycles. The molecule has 1 N–H and O–H groups in total. The number of hydrogen-bond acceptors (Lipinski definition) is 4. The van der Waals surface area contributed by atoms with Crippen LogP contribution in [0.15, 0.2) is 0 Å². The number of nitrogens with zero attached hydrogens (tertiary/aromatic N) is 1. The van der Waals surface area contributed by atoms with Gasteiger partial charge in [-0.3, -0.25) is 0 Å². The van der Waals surface area contributed by atoms with Crippen molar-refractivity contribution in [2.24, 2.45) is 0 Å². The number of nitrogens with one attached hydrogen (secondary N) is 1. The molecule has 0 unspecified atom stereocenters. The van der Waals surface area contributed by atoms with Gasteiger partial charge in [0.25, 0.3) is 0 Å². The summed E-state index contributed by atoms with van der Waals surface area (Å²) in [5.74, 6) is 0. The van der Waals surface area contributed by atoms with Gasteiger partial charge in [0.15, 0.2) is 0 Å². The molecule has 0 heterocycles. The third kappa shape index (κ3) is 8.94. The predicted octanol–water partition coefficient (Wildman–Crippen LogP) is 3.04. The second-order valence-electron chi connectivity index (χ2n) is 8.05. The lowest BCUT2D eigenvalue weighted by molar-refractivity contribution is 0.00576. The smallest absolute Gasteiger partial charge is 0.410 e. The number of rotatable bonds is 6. The van der Waals surface area contributed by atoms with Gasteiger partial charge in [-0.05, 0) is 55.4 Å². The van der Waals surface area contributed by atoms with E-state index >= 15 is 0 Å². The fourth-order valence-electron chi connectivity index (χ4n) is 1.94. The van der Waals surface area contributed by atoms with Gasteiger partial charge in [0.2, 0.25) is 0 Å². The quantitative estimate of drug-likeness (QED) is 0.819. The van der Waals surface area contributed by atoms with E-state index in [4.69, 9.17) is 9.47 Å². The third-order valence-electron chi connectivity index (χ3n) is 2.87. The molecule has 0 aromatic rings. The predicted molar refractivity (Wildman–Crippen MR) is 86.7 cm³/mol. The molecule has 0 aliphatic heterocycles. The topological polar surface area (TPSA) is 50.8 Å². The summed E-state index contributed by atoms with van der Waals surface area (Å²) in [6, 6.07) is 0. The summed E-state index contributed by atoms with van der Waals surface area (Å²) in [6.45, 7) is 17.7. The maximum atomic E-state index is 12.3. The summed E-state index contributed by atoms with van der Waals surface area (Å²) >= 11 is 0. The molecular formula is C16H34N2O3. The molecule has 0 saturated heterocycles. The fourth-order valence-corrected chi connectivity index (χ4v) is 1.94. The van der Waals surface area contributed by atoms with Gasteiger partial charge in [-0.2, -0.15) is 0 Å². The SMILES string of the molecule is COCC(C)(C)NCCN(C(=O)OC(C)(C)C)C(C)(C)C. The molecule has 0 bridgehead atoms. The molecule has 5 heteroatoms. The van der Waals surface area contributed by atoms with Crippen molar-refractivity contribution in [3.63, 3.8) is 0 Å². The first kappa shape index (κ1) is 20.2. The average Bonchev–Trinajstić information content (AvgIpc) is 2.19. The molecule has 0 fully saturated rings. The van der Waals surface area contributed by atoms with Crippen LogP contribution in [0.4, 0.5) is 4.79 Å². The Hall–Kier alpha value is -0.810. The molecule has 0 aliphatic rings. The monoisotopic (exact) mass is 302 g/mol. The summed E-state index contributed by atoms with van der Waals surface area (Å²) < 4.78 is 10.7. The summed E-state index contributed by atoms with van der Waals surface area (Å²) in [5, 5.41) is 3.41. The van der Waals surface area contributed by atoms with Crippen LogP contribution in [0.3, 0.4) is 0 Å². The highest BCUT2D eigenvalue weighted by Crippen LogP contribution is 2.18. The number of hydrogen-bond donors (Lipinski definition) is 1. The molecule has 0 rings (SSSR count).